The molecule has 10 nitrogen and oxygen atoms in total. The smallest absolute Gasteiger partial charge is 0.282 e. The monoisotopic (exact) mass is 522 g/mol. The quantitative estimate of drug-likeness (QED) is 0.271. The zero-order valence-corrected chi connectivity index (χ0v) is 20.0. The first-order chi connectivity index (χ1) is 17.1. The highest BCUT2D eigenvalue weighted by Gasteiger charge is 2.24. The van der Waals surface area contributed by atoms with E-state index < -0.39 is 30.0 Å². The van der Waals surface area contributed by atoms with Crippen LogP contribution in [0.2, 0.25) is 0 Å². The first-order valence-electron chi connectivity index (χ1n) is 10.2. The summed E-state index contributed by atoms with van der Waals surface area (Å²) in [4.78, 5) is 15.3. The second-order valence-corrected chi connectivity index (χ2v) is 10.1. The van der Waals surface area contributed by atoms with Crippen molar-refractivity contribution >= 4 is 44.0 Å². The Balaban J connectivity index is 1.80. The van der Waals surface area contributed by atoms with Crippen molar-refractivity contribution < 1.29 is 25.9 Å². The Morgan fingerprint density at radius 2 is 1.03 bits per heavy atom. The summed E-state index contributed by atoms with van der Waals surface area (Å²) in [5, 5.41) is 0. The molecule has 4 rings (SSSR count). The molecule has 0 amide bonds. The minimum atomic E-state index is -4.81. The van der Waals surface area contributed by atoms with E-state index in [-0.39, 0.29) is 22.5 Å². The predicted molar refractivity (Wildman–Crippen MR) is 134 cm³/mol. The molecule has 2 aromatic carbocycles. The maximum atomic E-state index is 12.2. The van der Waals surface area contributed by atoms with Crippen LogP contribution in [0.15, 0.2) is 105 Å². The molecule has 0 aliphatic heterocycles. The lowest BCUT2D eigenvalue weighted by Crippen LogP contribution is -2.05. The molecule has 0 fully saturated rings. The molecule has 0 bridgehead atoms. The van der Waals surface area contributed by atoms with Crippen LogP contribution in [0.5, 0.6) is 0 Å². The Morgan fingerprint density at radius 3 is 1.36 bits per heavy atom. The van der Waals surface area contributed by atoms with Gasteiger partial charge < -0.3 is 0 Å². The number of pyridine rings is 2. The zero-order chi connectivity index (χ0) is 25.8. The maximum absolute atomic E-state index is 12.2. The fraction of sp³-hybridized carbons (Fsp3) is 0. The van der Waals surface area contributed by atoms with E-state index >= 15 is 0 Å². The van der Waals surface area contributed by atoms with Crippen molar-refractivity contribution in [1.29, 1.82) is 0 Å². The lowest BCUT2D eigenvalue weighted by Gasteiger charge is -2.12. The highest BCUT2D eigenvalue weighted by atomic mass is 32.2. The van der Waals surface area contributed by atoms with Gasteiger partial charge in [0.05, 0.1) is 35.2 Å². The van der Waals surface area contributed by atoms with E-state index in [9.17, 15) is 25.9 Å². The topological polar surface area (TPSA) is 159 Å². The molecule has 182 valence electrons. The van der Waals surface area contributed by atoms with Crippen LogP contribution in [-0.2, 0) is 20.2 Å². The average Bonchev–Trinajstić information content (AvgIpc) is 2.86. The number of aliphatic imine (C=N–C) groups is 2. The molecule has 0 spiro atoms. The number of benzene rings is 2. The predicted octanol–water partition coefficient (Wildman–Crippen LogP) is 4.14. The van der Waals surface area contributed by atoms with Gasteiger partial charge in [0, 0.05) is 23.5 Å². The Bertz CT molecular complexity index is 1550. The molecule has 0 atom stereocenters. The fourth-order valence-corrected chi connectivity index (χ4v) is 4.69. The van der Waals surface area contributed by atoms with Gasteiger partial charge in [0.15, 0.2) is 0 Å². The summed E-state index contributed by atoms with van der Waals surface area (Å²) >= 11 is 0. The van der Waals surface area contributed by atoms with Crippen LogP contribution in [-0.4, -0.2) is 48.3 Å². The second kappa shape index (κ2) is 10.3. The van der Waals surface area contributed by atoms with Crippen molar-refractivity contribution in [1.82, 2.24) is 9.97 Å². The van der Waals surface area contributed by atoms with E-state index in [1.165, 1.54) is 36.7 Å². The first kappa shape index (κ1) is 25.0. The summed E-state index contributed by atoms with van der Waals surface area (Å²) in [6, 6.07) is 18.0. The number of rotatable bonds is 7. The summed E-state index contributed by atoms with van der Waals surface area (Å²) in [5.41, 5.74) is 1.07. The van der Waals surface area contributed by atoms with E-state index in [0.717, 1.165) is 12.1 Å². The van der Waals surface area contributed by atoms with Crippen LogP contribution in [0, 0.1) is 0 Å². The SMILES string of the molecule is O=S(=O)(O)c1cc(N=Cc2ccccn2)ccc1-c1ccc(N=Cc2ccccn2)cc1S(=O)(=O)O. The second-order valence-electron chi connectivity index (χ2n) is 7.34. The molecule has 36 heavy (non-hydrogen) atoms. The lowest BCUT2D eigenvalue weighted by molar-refractivity contribution is 0.480. The number of aromatic nitrogens is 2. The van der Waals surface area contributed by atoms with E-state index in [2.05, 4.69) is 20.0 Å². The summed E-state index contributed by atoms with van der Waals surface area (Å²) in [6.07, 6.45) is 5.94. The molecule has 2 heterocycles. The van der Waals surface area contributed by atoms with Gasteiger partial charge in [0.25, 0.3) is 20.2 Å². The van der Waals surface area contributed by atoms with Crippen molar-refractivity contribution in [2.45, 2.75) is 9.79 Å². The third kappa shape index (κ3) is 6.12. The van der Waals surface area contributed by atoms with Gasteiger partial charge >= 0.3 is 0 Å². The van der Waals surface area contributed by atoms with Crippen molar-refractivity contribution in [2.75, 3.05) is 0 Å². The summed E-state index contributed by atoms with van der Waals surface area (Å²) in [6.45, 7) is 0. The van der Waals surface area contributed by atoms with Gasteiger partial charge in [0.2, 0.25) is 0 Å². The van der Waals surface area contributed by atoms with Gasteiger partial charge in [-0.1, -0.05) is 24.3 Å². The molecule has 4 aromatic rings. The van der Waals surface area contributed by atoms with Crippen molar-refractivity contribution in [3.05, 3.63) is 96.6 Å². The number of nitrogens with zero attached hydrogens (tertiary/aromatic N) is 4. The van der Waals surface area contributed by atoms with Crippen LogP contribution in [0.3, 0.4) is 0 Å². The third-order valence-corrected chi connectivity index (χ3v) is 6.63. The maximum Gasteiger partial charge on any atom is 0.295 e. The van der Waals surface area contributed by atoms with Gasteiger partial charge in [-0.05, 0) is 48.5 Å². The fourth-order valence-electron chi connectivity index (χ4n) is 3.24. The molecule has 12 heteroatoms. The molecule has 2 N–H and O–H groups in total. The molecule has 0 aliphatic carbocycles. The van der Waals surface area contributed by atoms with E-state index in [1.54, 1.807) is 48.8 Å². The molecule has 0 unspecified atom stereocenters. The Hall–Kier alpha value is -4.10. The highest BCUT2D eigenvalue weighted by molar-refractivity contribution is 7.86. The minimum Gasteiger partial charge on any atom is -0.282 e. The number of hydrogen-bond donors (Lipinski definition) is 2. The van der Waals surface area contributed by atoms with Crippen LogP contribution < -0.4 is 0 Å². The third-order valence-electron chi connectivity index (χ3n) is 4.84. The zero-order valence-electron chi connectivity index (χ0n) is 18.4. The van der Waals surface area contributed by atoms with Crippen LogP contribution >= 0.6 is 0 Å². The summed E-state index contributed by atoms with van der Waals surface area (Å²) in [5.74, 6) is 0. The lowest BCUT2D eigenvalue weighted by atomic mass is 10.0. The van der Waals surface area contributed by atoms with E-state index in [4.69, 9.17) is 0 Å². The molecule has 0 saturated carbocycles. The molecule has 2 aromatic heterocycles. The van der Waals surface area contributed by atoms with Crippen molar-refractivity contribution in [3.8, 4) is 11.1 Å². The molecule has 0 saturated heterocycles. The van der Waals surface area contributed by atoms with Crippen molar-refractivity contribution in [2.24, 2.45) is 9.98 Å². The van der Waals surface area contributed by atoms with Crippen LogP contribution in [0.1, 0.15) is 11.4 Å². The van der Waals surface area contributed by atoms with Crippen LogP contribution in [0.4, 0.5) is 11.4 Å². The first-order valence-corrected chi connectivity index (χ1v) is 13.1. The molecular formula is C24H18N4O6S2. The summed E-state index contributed by atoms with van der Waals surface area (Å²) in [7, 11) is -9.62. The van der Waals surface area contributed by atoms with Gasteiger partial charge in [0.1, 0.15) is 9.79 Å². The van der Waals surface area contributed by atoms with E-state index in [0.29, 0.717) is 11.4 Å². The molecule has 0 aliphatic rings. The number of hydrogen-bond acceptors (Lipinski definition) is 8. The average molecular weight is 523 g/mol. The van der Waals surface area contributed by atoms with E-state index in [1.807, 2.05) is 0 Å². The van der Waals surface area contributed by atoms with Gasteiger partial charge in [-0.15, -0.1) is 0 Å². The Labute approximate surface area is 207 Å². The molecular weight excluding hydrogens is 504 g/mol. The van der Waals surface area contributed by atoms with Gasteiger partial charge in [-0.3, -0.25) is 29.1 Å². The standard InChI is InChI=1S/C24H18N4O6S2/c29-35(30,31)23-13-17(27-15-19-5-1-3-11-25-19)7-9-21(23)22-10-8-18(14-24(22)36(32,33)34)28-16-20-6-2-4-12-26-20/h1-16H,(H,29,30,31)(H,32,33,34). The van der Waals surface area contributed by atoms with Gasteiger partial charge in [-0.2, -0.15) is 16.8 Å². The Kier molecular flexibility index (Phi) is 7.12. The van der Waals surface area contributed by atoms with Crippen LogP contribution in [0.25, 0.3) is 11.1 Å². The van der Waals surface area contributed by atoms with Gasteiger partial charge in [-0.25, -0.2) is 0 Å². The largest absolute Gasteiger partial charge is 0.295 e. The highest BCUT2D eigenvalue weighted by Crippen LogP contribution is 2.36. The Morgan fingerprint density at radius 1 is 0.611 bits per heavy atom. The minimum absolute atomic E-state index is 0.151. The summed E-state index contributed by atoms with van der Waals surface area (Å²) < 4.78 is 68.5. The normalized spacial score (nSPS) is 12.4. The van der Waals surface area contributed by atoms with Crippen molar-refractivity contribution in [3.63, 3.8) is 0 Å². The molecule has 0 radical (unpaired) electrons.